The summed E-state index contributed by atoms with van der Waals surface area (Å²) in [4.78, 5) is 18.6. The van der Waals surface area contributed by atoms with E-state index in [1.54, 1.807) is 0 Å². The molecular weight excluding hydrogens is 324 g/mol. The maximum Gasteiger partial charge on any atom is 0.253 e. The summed E-state index contributed by atoms with van der Waals surface area (Å²) in [5.41, 5.74) is 4.64. The van der Waals surface area contributed by atoms with Gasteiger partial charge in [-0.2, -0.15) is 5.10 Å². The normalized spacial score (nSPS) is 23.9. The molecule has 0 aromatic carbocycles. The summed E-state index contributed by atoms with van der Waals surface area (Å²) in [5.74, 6) is 0.905. The second kappa shape index (κ2) is 6.22. The van der Waals surface area contributed by atoms with Crippen LogP contribution in [0.15, 0.2) is 4.79 Å². The molecule has 2 aliphatic carbocycles. The van der Waals surface area contributed by atoms with E-state index in [1.807, 2.05) is 0 Å². The van der Waals surface area contributed by atoms with E-state index >= 15 is 0 Å². The van der Waals surface area contributed by atoms with Gasteiger partial charge >= 0.3 is 0 Å². The maximum atomic E-state index is 12.7. The summed E-state index contributed by atoms with van der Waals surface area (Å²) in [5, 5.41) is 6.38. The molecule has 5 heteroatoms. The van der Waals surface area contributed by atoms with E-state index in [4.69, 9.17) is 5.10 Å². The number of H-pyrrole nitrogens is 1. The number of fused-ring (bicyclic) bond motifs is 3. The topological polar surface area (TPSA) is 53.9 Å². The Balaban J connectivity index is 1.70. The van der Waals surface area contributed by atoms with Crippen LogP contribution in [-0.2, 0) is 12.8 Å². The van der Waals surface area contributed by atoms with Crippen molar-refractivity contribution in [2.75, 3.05) is 13.1 Å². The summed E-state index contributed by atoms with van der Waals surface area (Å²) in [6.07, 6.45) is 9.52. The molecule has 0 bridgehead atoms. The molecule has 3 aliphatic rings. The Morgan fingerprint density at radius 1 is 1.12 bits per heavy atom. The average Bonchev–Trinajstić information content (AvgIpc) is 3.18. The van der Waals surface area contributed by atoms with Crippen molar-refractivity contribution in [3.05, 3.63) is 27.2 Å². The molecular formula is C21H30N4O. The number of nitrogens with zero attached hydrogens (tertiary/aromatic N) is 3. The van der Waals surface area contributed by atoms with Crippen molar-refractivity contribution in [2.24, 2.45) is 5.92 Å². The van der Waals surface area contributed by atoms with Crippen molar-refractivity contribution in [3.8, 4) is 0 Å². The van der Waals surface area contributed by atoms with E-state index in [9.17, 15) is 4.79 Å². The number of aromatic nitrogens is 3. The largest absolute Gasteiger partial charge is 0.307 e. The first kappa shape index (κ1) is 16.5. The highest BCUT2D eigenvalue weighted by atomic mass is 16.1. The summed E-state index contributed by atoms with van der Waals surface area (Å²) in [7, 11) is 0. The van der Waals surface area contributed by atoms with Gasteiger partial charge in [0.05, 0.1) is 11.7 Å². The number of hydrogen-bond acceptors (Lipinski definition) is 3. The fourth-order valence-corrected chi connectivity index (χ4v) is 5.08. The van der Waals surface area contributed by atoms with Crippen LogP contribution in [0.5, 0.6) is 0 Å². The van der Waals surface area contributed by atoms with E-state index in [2.05, 4.69) is 28.4 Å². The van der Waals surface area contributed by atoms with Gasteiger partial charge in [-0.25, -0.2) is 4.68 Å². The minimum absolute atomic E-state index is 0.113. The summed E-state index contributed by atoms with van der Waals surface area (Å²) in [6.45, 7) is 6.74. The molecule has 2 fully saturated rings. The van der Waals surface area contributed by atoms with Crippen molar-refractivity contribution in [1.29, 1.82) is 0 Å². The third kappa shape index (κ3) is 2.63. The fourth-order valence-electron chi connectivity index (χ4n) is 5.08. The zero-order valence-electron chi connectivity index (χ0n) is 16.1. The number of nitrogens with one attached hydrogen (secondary N) is 1. The van der Waals surface area contributed by atoms with Crippen LogP contribution < -0.4 is 5.56 Å². The van der Waals surface area contributed by atoms with Gasteiger partial charge in [-0.3, -0.25) is 9.69 Å². The van der Waals surface area contributed by atoms with Gasteiger partial charge in [0.25, 0.3) is 5.56 Å². The van der Waals surface area contributed by atoms with Gasteiger partial charge in [-0.05, 0) is 83.2 Å². The van der Waals surface area contributed by atoms with Gasteiger partial charge in [0.2, 0.25) is 0 Å². The van der Waals surface area contributed by atoms with Crippen LogP contribution in [0.2, 0.25) is 0 Å². The zero-order valence-corrected chi connectivity index (χ0v) is 16.1. The predicted octanol–water partition coefficient (Wildman–Crippen LogP) is 3.73. The molecule has 0 spiro atoms. The standard InChI is InChI=1S/C21H30N4O/c1-13(2)25-20-18(15-6-3-4-7-16(15)21(26)22-20)19(23-25)17-8-5-11-24(17)12-14-9-10-14/h13-14,17H,3-12H2,1-2H3,(H,22,26). The molecule has 5 rings (SSSR count). The van der Waals surface area contributed by atoms with Gasteiger partial charge in [0.15, 0.2) is 0 Å². The number of hydrogen-bond donors (Lipinski definition) is 1. The molecule has 1 aliphatic heterocycles. The molecule has 1 saturated carbocycles. The molecule has 1 saturated heterocycles. The highest BCUT2D eigenvalue weighted by Gasteiger charge is 2.35. The molecule has 140 valence electrons. The molecule has 1 N–H and O–H groups in total. The van der Waals surface area contributed by atoms with E-state index in [-0.39, 0.29) is 11.6 Å². The number of likely N-dealkylation sites (tertiary alicyclic amines) is 1. The van der Waals surface area contributed by atoms with Crippen LogP contribution in [0.1, 0.15) is 81.3 Å². The van der Waals surface area contributed by atoms with E-state index in [0.29, 0.717) is 6.04 Å². The Morgan fingerprint density at radius 2 is 1.88 bits per heavy atom. The number of rotatable bonds is 4. The lowest BCUT2D eigenvalue weighted by atomic mass is 9.89. The molecule has 3 heterocycles. The Hall–Kier alpha value is -1.62. The fraction of sp³-hybridized carbons (Fsp3) is 0.714. The van der Waals surface area contributed by atoms with E-state index < -0.39 is 0 Å². The first-order valence-corrected chi connectivity index (χ1v) is 10.5. The smallest absolute Gasteiger partial charge is 0.253 e. The van der Waals surface area contributed by atoms with Crippen LogP contribution in [0, 0.1) is 5.92 Å². The van der Waals surface area contributed by atoms with E-state index in [1.165, 1.54) is 61.8 Å². The SMILES string of the molecule is CC(C)n1nc(C2CCCN2CC2CC2)c2c3c(c(=O)[nH]c21)CCCC3. The summed E-state index contributed by atoms with van der Waals surface area (Å²) >= 11 is 0. The van der Waals surface area contributed by atoms with Gasteiger partial charge in [0, 0.05) is 23.5 Å². The van der Waals surface area contributed by atoms with Crippen LogP contribution in [0.4, 0.5) is 0 Å². The monoisotopic (exact) mass is 354 g/mol. The second-order valence-corrected chi connectivity index (χ2v) is 8.86. The van der Waals surface area contributed by atoms with Crippen LogP contribution in [0.25, 0.3) is 11.0 Å². The van der Waals surface area contributed by atoms with Gasteiger partial charge in [-0.1, -0.05) is 0 Å². The molecule has 1 unspecified atom stereocenters. The Bertz CT molecular complexity index is 890. The number of aromatic amines is 1. The first-order chi connectivity index (χ1) is 12.6. The maximum absolute atomic E-state index is 12.7. The van der Waals surface area contributed by atoms with Crippen molar-refractivity contribution in [3.63, 3.8) is 0 Å². The molecule has 1 atom stereocenters. The van der Waals surface area contributed by atoms with Crippen molar-refractivity contribution >= 4 is 11.0 Å². The van der Waals surface area contributed by atoms with Crippen molar-refractivity contribution in [2.45, 2.75) is 77.3 Å². The average molecular weight is 354 g/mol. The zero-order chi connectivity index (χ0) is 17.8. The predicted molar refractivity (Wildman–Crippen MR) is 104 cm³/mol. The van der Waals surface area contributed by atoms with Crippen LogP contribution in [-0.4, -0.2) is 32.8 Å². The number of pyridine rings is 1. The highest BCUT2D eigenvalue weighted by Crippen LogP contribution is 2.41. The molecule has 2 aromatic heterocycles. The van der Waals surface area contributed by atoms with Gasteiger partial charge < -0.3 is 4.98 Å². The Morgan fingerprint density at radius 3 is 2.62 bits per heavy atom. The van der Waals surface area contributed by atoms with Crippen molar-refractivity contribution < 1.29 is 0 Å². The summed E-state index contributed by atoms with van der Waals surface area (Å²) in [6, 6.07) is 0.678. The molecule has 0 amide bonds. The molecule has 26 heavy (non-hydrogen) atoms. The first-order valence-electron chi connectivity index (χ1n) is 10.5. The third-order valence-corrected chi connectivity index (χ3v) is 6.57. The Kier molecular flexibility index (Phi) is 3.96. The lowest BCUT2D eigenvalue weighted by Crippen LogP contribution is -2.26. The quantitative estimate of drug-likeness (QED) is 0.910. The van der Waals surface area contributed by atoms with Crippen LogP contribution >= 0.6 is 0 Å². The minimum atomic E-state index is 0.113. The third-order valence-electron chi connectivity index (χ3n) is 6.57. The Labute approximate surface area is 154 Å². The lowest BCUT2D eigenvalue weighted by molar-refractivity contribution is 0.242. The van der Waals surface area contributed by atoms with E-state index in [0.717, 1.165) is 36.4 Å². The second-order valence-electron chi connectivity index (χ2n) is 8.86. The minimum Gasteiger partial charge on any atom is -0.307 e. The van der Waals surface area contributed by atoms with Gasteiger partial charge in [-0.15, -0.1) is 0 Å². The molecule has 0 radical (unpaired) electrons. The summed E-state index contributed by atoms with van der Waals surface area (Å²) < 4.78 is 2.06. The van der Waals surface area contributed by atoms with Crippen LogP contribution in [0.3, 0.4) is 0 Å². The highest BCUT2D eigenvalue weighted by molar-refractivity contribution is 5.84. The lowest BCUT2D eigenvalue weighted by Gasteiger charge is -2.24. The molecule has 5 nitrogen and oxygen atoms in total. The van der Waals surface area contributed by atoms with Crippen molar-refractivity contribution in [1.82, 2.24) is 19.7 Å². The number of aryl methyl sites for hydroxylation is 1. The molecule has 2 aromatic rings. The van der Waals surface area contributed by atoms with Gasteiger partial charge in [0.1, 0.15) is 5.65 Å².